The SMILES string of the molecule is Cc1csc(-c2ccc(OCC(=O)Nc3sccc3C#N)cc2)n1. The van der Waals surface area contributed by atoms with Crippen molar-refractivity contribution < 1.29 is 9.53 Å². The summed E-state index contributed by atoms with van der Waals surface area (Å²) in [6.45, 7) is 1.85. The number of ether oxygens (including phenoxy) is 1. The van der Waals surface area contributed by atoms with Crippen LogP contribution in [0.5, 0.6) is 5.75 Å². The molecule has 0 saturated heterocycles. The molecular weight excluding hydrogens is 342 g/mol. The maximum atomic E-state index is 11.9. The maximum absolute atomic E-state index is 11.9. The molecule has 0 saturated carbocycles. The second kappa shape index (κ2) is 7.25. The van der Waals surface area contributed by atoms with Gasteiger partial charge < -0.3 is 10.1 Å². The van der Waals surface area contributed by atoms with E-state index in [4.69, 9.17) is 10.00 Å². The summed E-state index contributed by atoms with van der Waals surface area (Å²) in [6, 6.07) is 11.1. The van der Waals surface area contributed by atoms with Crippen molar-refractivity contribution in [2.75, 3.05) is 11.9 Å². The van der Waals surface area contributed by atoms with E-state index in [2.05, 4.69) is 10.3 Å². The molecular formula is C17H13N3O2S2. The molecule has 0 aliphatic rings. The average Bonchev–Trinajstić information content (AvgIpc) is 3.22. The van der Waals surface area contributed by atoms with E-state index >= 15 is 0 Å². The van der Waals surface area contributed by atoms with E-state index in [0.29, 0.717) is 16.3 Å². The number of nitrogens with zero attached hydrogens (tertiary/aromatic N) is 2. The van der Waals surface area contributed by atoms with Gasteiger partial charge in [0.15, 0.2) is 6.61 Å². The predicted octanol–water partition coefficient (Wildman–Crippen LogP) is 4.07. The molecule has 2 heterocycles. The molecule has 5 nitrogen and oxygen atoms in total. The zero-order chi connectivity index (χ0) is 16.9. The third kappa shape index (κ3) is 3.79. The van der Waals surface area contributed by atoms with Crippen LogP contribution in [-0.4, -0.2) is 17.5 Å². The van der Waals surface area contributed by atoms with E-state index < -0.39 is 0 Å². The standard InChI is InChI=1S/C17H13N3O2S2/c1-11-10-24-16(19-11)12-2-4-14(5-3-12)22-9-15(21)20-17-13(8-18)6-7-23-17/h2-7,10H,9H2,1H3,(H,20,21). The van der Waals surface area contributed by atoms with Crippen LogP contribution in [0.15, 0.2) is 41.1 Å². The van der Waals surface area contributed by atoms with Crippen LogP contribution in [0.4, 0.5) is 5.00 Å². The highest BCUT2D eigenvalue weighted by Crippen LogP contribution is 2.25. The van der Waals surface area contributed by atoms with E-state index in [0.717, 1.165) is 16.3 Å². The summed E-state index contributed by atoms with van der Waals surface area (Å²) in [5, 5.41) is 16.9. The number of carbonyl (C=O) groups excluding carboxylic acids is 1. The number of amides is 1. The molecule has 0 unspecified atom stereocenters. The first-order chi connectivity index (χ1) is 11.7. The largest absolute Gasteiger partial charge is 0.484 e. The van der Waals surface area contributed by atoms with Gasteiger partial charge in [0.2, 0.25) is 0 Å². The number of nitriles is 1. The van der Waals surface area contributed by atoms with Crippen molar-refractivity contribution in [3.63, 3.8) is 0 Å². The van der Waals surface area contributed by atoms with Crippen LogP contribution in [-0.2, 0) is 4.79 Å². The number of hydrogen-bond donors (Lipinski definition) is 1. The molecule has 120 valence electrons. The Labute approximate surface area is 147 Å². The van der Waals surface area contributed by atoms with Gasteiger partial charge in [-0.1, -0.05) is 0 Å². The topological polar surface area (TPSA) is 75.0 Å². The van der Waals surface area contributed by atoms with Gasteiger partial charge >= 0.3 is 0 Å². The number of thiophene rings is 1. The van der Waals surface area contributed by atoms with Crippen molar-refractivity contribution in [2.24, 2.45) is 0 Å². The van der Waals surface area contributed by atoms with Crippen molar-refractivity contribution >= 4 is 33.6 Å². The second-order valence-corrected chi connectivity index (χ2v) is 6.70. The number of rotatable bonds is 5. The minimum Gasteiger partial charge on any atom is -0.484 e. The number of thiazole rings is 1. The number of aromatic nitrogens is 1. The number of nitrogens with one attached hydrogen (secondary N) is 1. The van der Waals surface area contributed by atoms with E-state index in [-0.39, 0.29) is 12.5 Å². The summed E-state index contributed by atoms with van der Waals surface area (Å²) in [6.07, 6.45) is 0. The van der Waals surface area contributed by atoms with Crippen molar-refractivity contribution in [1.82, 2.24) is 4.98 Å². The minimum absolute atomic E-state index is 0.113. The number of anilines is 1. The van der Waals surface area contributed by atoms with Gasteiger partial charge in [0.1, 0.15) is 21.8 Å². The highest BCUT2D eigenvalue weighted by Gasteiger charge is 2.09. The fraction of sp³-hybridized carbons (Fsp3) is 0.118. The van der Waals surface area contributed by atoms with E-state index in [1.54, 1.807) is 22.8 Å². The van der Waals surface area contributed by atoms with E-state index in [1.807, 2.05) is 42.6 Å². The van der Waals surface area contributed by atoms with Crippen LogP contribution in [0.25, 0.3) is 10.6 Å². The molecule has 0 aliphatic carbocycles. The fourth-order valence-corrected chi connectivity index (χ4v) is 3.54. The van der Waals surface area contributed by atoms with Crippen LogP contribution in [0.1, 0.15) is 11.3 Å². The van der Waals surface area contributed by atoms with Gasteiger partial charge in [-0.25, -0.2) is 4.98 Å². The Morgan fingerprint density at radius 1 is 1.29 bits per heavy atom. The second-order valence-electron chi connectivity index (χ2n) is 4.93. The minimum atomic E-state index is -0.298. The molecule has 0 aliphatic heterocycles. The lowest BCUT2D eigenvalue weighted by Gasteiger charge is -2.07. The average molecular weight is 355 g/mol. The van der Waals surface area contributed by atoms with Gasteiger partial charge in [0.05, 0.1) is 5.56 Å². The van der Waals surface area contributed by atoms with Crippen molar-refractivity contribution in [1.29, 1.82) is 5.26 Å². The summed E-state index contributed by atoms with van der Waals surface area (Å²) in [5.74, 6) is 0.308. The molecule has 3 rings (SSSR count). The Bertz CT molecular complexity index is 891. The van der Waals surface area contributed by atoms with Crippen LogP contribution >= 0.6 is 22.7 Å². The summed E-state index contributed by atoms with van der Waals surface area (Å²) >= 11 is 2.90. The molecule has 0 bridgehead atoms. The predicted molar refractivity (Wildman–Crippen MR) is 95.4 cm³/mol. The molecule has 3 aromatic rings. The molecule has 24 heavy (non-hydrogen) atoms. The first-order valence-electron chi connectivity index (χ1n) is 7.08. The quantitative estimate of drug-likeness (QED) is 0.748. The Morgan fingerprint density at radius 2 is 2.08 bits per heavy atom. The summed E-state index contributed by atoms with van der Waals surface area (Å²) in [4.78, 5) is 16.3. The molecule has 0 atom stereocenters. The molecule has 1 aromatic carbocycles. The number of benzene rings is 1. The van der Waals surface area contributed by atoms with Crippen LogP contribution in [0.3, 0.4) is 0 Å². The Balaban J connectivity index is 1.57. The fourth-order valence-electron chi connectivity index (χ4n) is 1.99. The van der Waals surface area contributed by atoms with Crippen molar-refractivity contribution in [3.05, 3.63) is 52.3 Å². The van der Waals surface area contributed by atoms with Crippen LogP contribution in [0, 0.1) is 18.3 Å². The van der Waals surface area contributed by atoms with Crippen molar-refractivity contribution in [2.45, 2.75) is 6.92 Å². The lowest BCUT2D eigenvalue weighted by atomic mass is 10.2. The third-order valence-corrected chi connectivity index (χ3v) is 4.97. The first kappa shape index (κ1) is 16.2. The van der Waals surface area contributed by atoms with Gasteiger partial charge in [-0.05, 0) is 42.6 Å². The molecule has 1 N–H and O–H groups in total. The highest BCUT2D eigenvalue weighted by atomic mass is 32.1. The molecule has 0 radical (unpaired) electrons. The monoisotopic (exact) mass is 355 g/mol. The number of carbonyl (C=O) groups is 1. The molecule has 0 spiro atoms. The van der Waals surface area contributed by atoms with Crippen LogP contribution < -0.4 is 10.1 Å². The van der Waals surface area contributed by atoms with Gasteiger partial charge in [-0.15, -0.1) is 22.7 Å². The molecule has 7 heteroatoms. The Hall–Kier alpha value is -2.69. The Kier molecular flexibility index (Phi) is 4.89. The van der Waals surface area contributed by atoms with Gasteiger partial charge in [0, 0.05) is 16.6 Å². The normalized spacial score (nSPS) is 10.2. The zero-order valence-corrected chi connectivity index (χ0v) is 14.4. The number of hydrogen-bond acceptors (Lipinski definition) is 6. The first-order valence-corrected chi connectivity index (χ1v) is 8.84. The summed E-state index contributed by atoms with van der Waals surface area (Å²) < 4.78 is 5.48. The van der Waals surface area contributed by atoms with Gasteiger partial charge in [0.25, 0.3) is 5.91 Å². The van der Waals surface area contributed by atoms with E-state index in [1.165, 1.54) is 11.3 Å². The summed E-state index contributed by atoms with van der Waals surface area (Å²) in [7, 11) is 0. The molecule has 2 aromatic heterocycles. The van der Waals surface area contributed by atoms with E-state index in [9.17, 15) is 4.79 Å². The van der Waals surface area contributed by atoms with Crippen LogP contribution in [0.2, 0.25) is 0 Å². The maximum Gasteiger partial charge on any atom is 0.262 e. The highest BCUT2D eigenvalue weighted by molar-refractivity contribution is 7.14. The number of aryl methyl sites for hydroxylation is 1. The Morgan fingerprint density at radius 3 is 2.75 bits per heavy atom. The van der Waals surface area contributed by atoms with Crippen molar-refractivity contribution in [3.8, 4) is 22.4 Å². The molecule has 0 fully saturated rings. The van der Waals surface area contributed by atoms with Gasteiger partial charge in [-0.3, -0.25) is 4.79 Å². The third-order valence-electron chi connectivity index (χ3n) is 3.13. The van der Waals surface area contributed by atoms with Gasteiger partial charge in [-0.2, -0.15) is 5.26 Å². The summed E-state index contributed by atoms with van der Waals surface area (Å²) in [5.41, 5.74) is 2.47. The smallest absolute Gasteiger partial charge is 0.262 e. The molecule has 1 amide bonds. The lowest BCUT2D eigenvalue weighted by molar-refractivity contribution is -0.118. The lowest BCUT2D eigenvalue weighted by Crippen LogP contribution is -2.19. The zero-order valence-electron chi connectivity index (χ0n) is 12.8.